The van der Waals surface area contributed by atoms with E-state index in [2.05, 4.69) is 52.0 Å². The predicted molar refractivity (Wildman–Crippen MR) is 409 cm³/mol. The first kappa shape index (κ1) is 97.5. The van der Waals surface area contributed by atoms with Crippen LogP contribution in [0, 0.1) is 0 Å². The summed E-state index contributed by atoms with van der Waals surface area (Å²) in [5, 5.41) is 10.6. The number of ether oxygens (including phenoxy) is 4. The summed E-state index contributed by atoms with van der Waals surface area (Å²) in [6.45, 7) is 4.95. The third-order valence-corrected chi connectivity index (χ3v) is 20.4. The van der Waals surface area contributed by atoms with Crippen LogP contribution in [0.4, 0.5) is 0 Å². The lowest BCUT2D eigenvalue weighted by Crippen LogP contribution is -2.30. The molecule has 19 heteroatoms. The minimum atomic E-state index is -4.96. The van der Waals surface area contributed by atoms with E-state index in [4.69, 9.17) is 37.0 Å². The van der Waals surface area contributed by atoms with Crippen LogP contribution in [-0.2, 0) is 65.4 Å². The quantitative estimate of drug-likeness (QED) is 0.0169. The Morgan fingerprint density at radius 3 is 0.730 bits per heavy atom. The van der Waals surface area contributed by atoms with Crippen LogP contribution in [0.15, 0.2) is 24.3 Å². The number of aliphatic hydroxyl groups is 1. The van der Waals surface area contributed by atoms with E-state index in [1.807, 2.05) is 0 Å². The van der Waals surface area contributed by atoms with Crippen molar-refractivity contribution in [1.82, 2.24) is 0 Å². The van der Waals surface area contributed by atoms with E-state index in [9.17, 15) is 43.2 Å². The first-order chi connectivity index (χ1) is 48.7. The summed E-state index contributed by atoms with van der Waals surface area (Å²) in [5.74, 6) is -2.14. The molecule has 0 aliphatic carbocycles. The summed E-state index contributed by atoms with van der Waals surface area (Å²) in [4.78, 5) is 73.0. The van der Waals surface area contributed by atoms with Gasteiger partial charge in [-0.25, -0.2) is 9.13 Å². The molecule has 3 N–H and O–H groups in total. The van der Waals surface area contributed by atoms with E-state index in [0.29, 0.717) is 25.7 Å². The molecule has 17 nitrogen and oxygen atoms in total. The van der Waals surface area contributed by atoms with E-state index in [1.54, 1.807) is 0 Å². The van der Waals surface area contributed by atoms with Gasteiger partial charge in [-0.2, -0.15) is 0 Å². The molecule has 0 radical (unpaired) electrons. The van der Waals surface area contributed by atoms with Crippen molar-refractivity contribution in [1.29, 1.82) is 0 Å². The van der Waals surface area contributed by atoms with E-state index in [-0.39, 0.29) is 25.7 Å². The molecule has 0 bridgehead atoms. The third-order valence-electron chi connectivity index (χ3n) is 18.5. The smallest absolute Gasteiger partial charge is 0.462 e. The normalized spacial score (nSPS) is 13.9. The Morgan fingerprint density at radius 2 is 0.480 bits per heavy atom. The second-order valence-corrected chi connectivity index (χ2v) is 31.4. The molecule has 0 heterocycles. The Kier molecular flexibility index (Phi) is 73.0. The molecule has 0 saturated carbocycles. The minimum Gasteiger partial charge on any atom is -0.462 e. The minimum absolute atomic E-state index is 0.0858. The van der Waals surface area contributed by atoms with Crippen molar-refractivity contribution in [2.45, 2.75) is 431 Å². The van der Waals surface area contributed by atoms with Gasteiger partial charge in [0.2, 0.25) is 0 Å². The Labute approximate surface area is 612 Å². The predicted octanol–water partition coefficient (Wildman–Crippen LogP) is 24.1. The number of carbonyl (C=O) groups is 4. The van der Waals surface area contributed by atoms with Gasteiger partial charge in [-0.1, -0.05) is 360 Å². The van der Waals surface area contributed by atoms with Gasteiger partial charge < -0.3 is 33.8 Å². The van der Waals surface area contributed by atoms with E-state index in [1.165, 1.54) is 231 Å². The number of phosphoric acid groups is 2. The second-order valence-electron chi connectivity index (χ2n) is 28.5. The Morgan fingerprint density at radius 1 is 0.280 bits per heavy atom. The monoisotopic (exact) mass is 1460 g/mol. The summed E-state index contributed by atoms with van der Waals surface area (Å²) in [5.41, 5.74) is 0. The number of unbranched alkanes of at least 4 members (excludes halogenated alkanes) is 51. The highest BCUT2D eigenvalue weighted by atomic mass is 31.2. The molecule has 0 saturated heterocycles. The molecule has 2 unspecified atom stereocenters. The van der Waals surface area contributed by atoms with Crippen LogP contribution in [-0.4, -0.2) is 96.7 Å². The Balaban J connectivity index is 5.26. The Bertz CT molecular complexity index is 1990. The highest BCUT2D eigenvalue weighted by Gasteiger charge is 2.30. The molecular weight excluding hydrogens is 1310 g/mol. The van der Waals surface area contributed by atoms with Crippen molar-refractivity contribution in [2.75, 3.05) is 39.6 Å². The van der Waals surface area contributed by atoms with Crippen molar-refractivity contribution in [3.8, 4) is 0 Å². The Hall–Kier alpha value is -2.46. The fraction of sp³-hybridized carbons (Fsp3) is 0.901. The van der Waals surface area contributed by atoms with Gasteiger partial charge in [0, 0.05) is 25.7 Å². The number of phosphoric ester groups is 2. The van der Waals surface area contributed by atoms with E-state index in [0.717, 1.165) is 103 Å². The SMILES string of the molecule is CCCCCC/C=C\C=C/CCCCCCCC(=O)O[C@H](COC(=O)CCCCCCCCCCCC)COP(=O)(O)OC[C@H](O)COP(=O)(O)OC[C@@H](COC(=O)CCCCCCCCCCCCCCCCCC)OC(=O)CCCCCCCCCCCCCCCCCCCCC. The number of allylic oxidation sites excluding steroid dienone is 4. The number of esters is 4. The molecule has 0 aromatic rings. The van der Waals surface area contributed by atoms with Crippen LogP contribution in [0.1, 0.15) is 413 Å². The van der Waals surface area contributed by atoms with Crippen molar-refractivity contribution < 1.29 is 80.2 Å². The van der Waals surface area contributed by atoms with Gasteiger partial charge in [0.1, 0.15) is 19.3 Å². The largest absolute Gasteiger partial charge is 0.472 e. The summed E-state index contributed by atoms with van der Waals surface area (Å²) in [6.07, 6.45) is 70.1. The van der Waals surface area contributed by atoms with Crippen LogP contribution in [0.25, 0.3) is 0 Å². The lowest BCUT2D eigenvalue weighted by Gasteiger charge is -2.21. The highest BCUT2D eigenvalue weighted by Crippen LogP contribution is 2.45. The molecule has 0 spiro atoms. The fourth-order valence-electron chi connectivity index (χ4n) is 12.1. The van der Waals surface area contributed by atoms with Gasteiger partial charge in [0.15, 0.2) is 12.2 Å². The van der Waals surface area contributed by atoms with Gasteiger partial charge in [0.05, 0.1) is 26.4 Å². The van der Waals surface area contributed by atoms with Crippen LogP contribution >= 0.6 is 15.6 Å². The number of aliphatic hydroxyl groups excluding tert-OH is 1. The molecule has 0 rings (SSSR count). The standard InChI is InChI=1S/C81H154O17P2/c1-5-9-13-17-21-25-29-32-35-37-38-39-42-45-48-52-56-60-64-68-81(86)98-77(72-92-79(84)66-62-58-54-50-46-43-41-36-33-30-26-22-18-14-10-6-2)74-96-100(89,90)94-70-75(82)69-93-99(87,88)95-73-76(71-91-78(83)65-61-57-53-49-28-24-20-16-12-8-4)97-80(85)67-63-59-55-51-47-44-40-34-31-27-23-19-15-11-7-3/h27,31,34,40,75-77,82H,5-26,28-30,32-33,35-39,41-74H2,1-4H3,(H,87,88)(H,89,90)/b31-27-,40-34-/t75-,76+,77+/m0/s1. The van der Waals surface area contributed by atoms with E-state index >= 15 is 0 Å². The molecule has 0 aromatic heterocycles. The lowest BCUT2D eigenvalue weighted by atomic mass is 10.0. The van der Waals surface area contributed by atoms with Gasteiger partial charge in [0.25, 0.3) is 0 Å². The fourth-order valence-corrected chi connectivity index (χ4v) is 13.7. The van der Waals surface area contributed by atoms with Crippen LogP contribution in [0.2, 0.25) is 0 Å². The number of rotatable bonds is 80. The average molecular weight is 1460 g/mol. The van der Waals surface area contributed by atoms with Crippen LogP contribution in [0.3, 0.4) is 0 Å². The maximum absolute atomic E-state index is 13.1. The number of carbonyl (C=O) groups excluding carboxylic acids is 4. The van der Waals surface area contributed by atoms with Gasteiger partial charge in [-0.05, 0) is 51.4 Å². The van der Waals surface area contributed by atoms with Crippen LogP contribution in [0.5, 0.6) is 0 Å². The molecule has 0 aliphatic rings. The molecular formula is C81H154O17P2. The van der Waals surface area contributed by atoms with Gasteiger partial charge >= 0.3 is 39.5 Å². The molecule has 0 aliphatic heterocycles. The maximum atomic E-state index is 13.1. The molecule has 5 atom stereocenters. The summed E-state index contributed by atoms with van der Waals surface area (Å²) < 4.78 is 68.7. The average Bonchev–Trinajstić information content (AvgIpc) is 0.935. The highest BCUT2D eigenvalue weighted by molar-refractivity contribution is 7.47. The molecule has 590 valence electrons. The van der Waals surface area contributed by atoms with E-state index < -0.39 is 97.5 Å². The molecule has 100 heavy (non-hydrogen) atoms. The van der Waals surface area contributed by atoms with Crippen molar-refractivity contribution in [3.63, 3.8) is 0 Å². The number of hydrogen-bond donors (Lipinski definition) is 3. The third kappa shape index (κ3) is 73.8. The number of hydrogen-bond acceptors (Lipinski definition) is 15. The zero-order valence-corrected chi connectivity index (χ0v) is 66.5. The van der Waals surface area contributed by atoms with Gasteiger partial charge in [-0.3, -0.25) is 37.3 Å². The zero-order chi connectivity index (χ0) is 73.2. The second kappa shape index (κ2) is 74.8. The van der Waals surface area contributed by atoms with Crippen LogP contribution < -0.4 is 0 Å². The molecule has 0 aromatic carbocycles. The molecule has 0 fully saturated rings. The lowest BCUT2D eigenvalue weighted by molar-refractivity contribution is -0.161. The summed E-state index contributed by atoms with van der Waals surface area (Å²) >= 11 is 0. The van der Waals surface area contributed by atoms with Crippen molar-refractivity contribution >= 4 is 39.5 Å². The van der Waals surface area contributed by atoms with Crippen molar-refractivity contribution in [2.24, 2.45) is 0 Å². The first-order valence-corrected chi connectivity index (χ1v) is 44.6. The zero-order valence-electron chi connectivity index (χ0n) is 64.7. The summed E-state index contributed by atoms with van der Waals surface area (Å²) in [6, 6.07) is 0. The maximum Gasteiger partial charge on any atom is 0.472 e. The summed E-state index contributed by atoms with van der Waals surface area (Å²) in [7, 11) is -9.93. The molecule has 0 amide bonds. The topological polar surface area (TPSA) is 237 Å². The first-order valence-electron chi connectivity index (χ1n) is 41.6. The van der Waals surface area contributed by atoms with Gasteiger partial charge in [-0.15, -0.1) is 0 Å². The van der Waals surface area contributed by atoms with Crippen molar-refractivity contribution in [3.05, 3.63) is 24.3 Å².